The fraction of sp³-hybridized carbons (Fsp3) is 0.667. The van der Waals surface area contributed by atoms with Gasteiger partial charge in [-0.1, -0.05) is 52.0 Å². The van der Waals surface area contributed by atoms with Gasteiger partial charge in [0.1, 0.15) is 0 Å². The van der Waals surface area contributed by atoms with E-state index >= 15 is 0 Å². The van der Waals surface area contributed by atoms with Gasteiger partial charge in [0.2, 0.25) is 0 Å². The van der Waals surface area contributed by atoms with Gasteiger partial charge in [-0.25, -0.2) is 0 Å². The number of nitrogens with one attached hydrogen (secondary N) is 1. The van der Waals surface area contributed by atoms with E-state index in [2.05, 4.69) is 64.2 Å². The summed E-state index contributed by atoms with van der Waals surface area (Å²) >= 11 is 0. The molecule has 0 saturated carbocycles. The number of aryl methyl sites for hydroxylation is 1. The number of hydrogen-bond acceptors (Lipinski definition) is 1. The van der Waals surface area contributed by atoms with Gasteiger partial charge >= 0.3 is 0 Å². The van der Waals surface area contributed by atoms with Crippen molar-refractivity contribution in [2.45, 2.75) is 59.8 Å². The monoisotopic (exact) mass is 261 g/mol. The lowest BCUT2D eigenvalue weighted by atomic mass is 9.83. The molecule has 0 aliphatic heterocycles. The van der Waals surface area contributed by atoms with Crippen LogP contribution in [0.4, 0.5) is 0 Å². The molecule has 108 valence electrons. The minimum absolute atomic E-state index is 0.422. The maximum atomic E-state index is 3.60. The van der Waals surface area contributed by atoms with Crippen LogP contribution in [-0.2, 0) is 0 Å². The summed E-state index contributed by atoms with van der Waals surface area (Å²) in [6, 6.07) is 8.85. The Hall–Kier alpha value is -0.820. The van der Waals surface area contributed by atoms with Crippen molar-refractivity contribution >= 4 is 0 Å². The molecule has 0 radical (unpaired) electrons. The third-order valence-electron chi connectivity index (χ3n) is 3.69. The molecule has 0 amide bonds. The van der Waals surface area contributed by atoms with Gasteiger partial charge < -0.3 is 5.32 Å². The van der Waals surface area contributed by atoms with Crippen LogP contribution < -0.4 is 5.32 Å². The zero-order valence-electron chi connectivity index (χ0n) is 13.4. The Kier molecular flexibility index (Phi) is 6.57. The fourth-order valence-electron chi connectivity index (χ4n) is 2.47. The van der Waals surface area contributed by atoms with Crippen molar-refractivity contribution in [3.8, 4) is 0 Å². The maximum Gasteiger partial charge on any atom is 0.00202 e. The van der Waals surface area contributed by atoms with Gasteiger partial charge in [-0.3, -0.25) is 0 Å². The van der Waals surface area contributed by atoms with Crippen molar-refractivity contribution in [1.29, 1.82) is 0 Å². The predicted octanol–water partition coefficient (Wildman–Crippen LogP) is 4.90. The molecule has 0 spiro atoms. The lowest BCUT2D eigenvalue weighted by molar-refractivity contribution is 0.344. The quantitative estimate of drug-likeness (QED) is 0.688. The molecule has 1 rings (SSSR count). The first kappa shape index (κ1) is 16.2. The molecule has 0 heterocycles. The Morgan fingerprint density at radius 2 is 1.84 bits per heavy atom. The Morgan fingerprint density at radius 3 is 2.42 bits per heavy atom. The van der Waals surface area contributed by atoms with E-state index in [1.165, 1.54) is 30.4 Å². The molecule has 1 aromatic rings. The Labute approximate surface area is 119 Å². The number of hydrogen-bond donors (Lipinski definition) is 1. The molecule has 19 heavy (non-hydrogen) atoms. The van der Waals surface area contributed by atoms with Crippen LogP contribution in [0.25, 0.3) is 0 Å². The number of rotatable bonds is 7. The first-order chi connectivity index (χ1) is 8.94. The summed E-state index contributed by atoms with van der Waals surface area (Å²) < 4.78 is 0. The second-order valence-corrected chi connectivity index (χ2v) is 6.86. The lowest BCUT2D eigenvalue weighted by Crippen LogP contribution is -2.24. The van der Waals surface area contributed by atoms with Crippen molar-refractivity contribution < 1.29 is 0 Å². The summed E-state index contributed by atoms with van der Waals surface area (Å²) in [4.78, 5) is 0. The van der Waals surface area contributed by atoms with Gasteiger partial charge in [0.25, 0.3) is 0 Å². The van der Waals surface area contributed by atoms with Crippen LogP contribution in [0.2, 0.25) is 0 Å². The minimum Gasteiger partial charge on any atom is -0.316 e. The largest absolute Gasteiger partial charge is 0.316 e. The van der Waals surface area contributed by atoms with Crippen LogP contribution in [0.1, 0.15) is 64.0 Å². The normalized spacial score (nSPS) is 13.5. The van der Waals surface area contributed by atoms with E-state index in [0.717, 1.165) is 13.1 Å². The first-order valence-corrected chi connectivity index (χ1v) is 7.70. The van der Waals surface area contributed by atoms with E-state index in [0.29, 0.717) is 11.3 Å². The van der Waals surface area contributed by atoms with Gasteiger partial charge in [-0.15, -0.1) is 0 Å². The summed E-state index contributed by atoms with van der Waals surface area (Å²) in [5, 5.41) is 3.60. The topological polar surface area (TPSA) is 12.0 Å². The van der Waals surface area contributed by atoms with Gasteiger partial charge in [0.05, 0.1) is 0 Å². The van der Waals surface area contributed by atoms with E-state index in [1.54, 1.807) is 0 Å². The van der Waals surface area contributed by atoms with E-state index in [-0.39, 0.29) is 0 Å². The van der Waals surface area contributed by atoms with Crippen molar-refractivity contribution in [3.63, 3.8) is 0 Å². The third kappa shape index (κ3) is 6.24. The summed E-state index contributed by atoms with van der Waals surface area (Å²) in [6.07, 6.45) is 3.75. The highest BCUT2D eigenvalue weighted by Crippen LogP contribution is 2.30. The second kappa shape index (κ2) is 7.69. The van der Waals surface area contributed by atoms with Crippen LogP contribution in [0.3, 0.4) is 0 Å². The molecule has 1 N–H and O–H groups in total. The zero-order valence-corrected chi connectivity index (χ0v) is 13.4. The summed E-state index contributed by atoms with van der Waals surface area (Å²) in [5.74, 6) is 0.645. The Morgan fingerprint density at radius 1 is 1.16 bits per heavy atom. The molecule has 0 fully saturated rings. The van der Waals surface area contributed by atoms with Gasteiger partial charge in [-0.2, -0.15) is 0 Å². The SMILES string of the molecule is CCCNCC(CCC(C)(C)C)c1ccccc1C. The molecule has 1 aromatic carbocycles. The second-order valence-electron chi connectivity index (χ2n) is 6.86. The van der Waals surface area contributed by atoms with Crippen LogP contribution >= 0.6 is 0 Å². The van der Waals surface area contributed by atoms with Gasteiger partial charge in [0.15, 0.2) is 0 Å². The highest BCUT2D eigenvalue weighted by molar-refractivity contribution is 5.29. The molecule has 0 saturated heterocycles. The molecular weight excluding hydrogens is 230 g/mol. The van der Waals surface area contributed by atoms with E-state index in [9.17, 15) is 0 Å². The first-order valence-electron chi connectivity index (χ1n) is 7.70. The molecule has 0 aliphatic rings. The van der Waals surface area contributed by atoms with Crippen molar-refractivity contribution in [1.82, 2.24) is 5.32 Å². The van der Waals surface area contributed by atoms with E-state index in [1.807, 2.05) is 0 Å². The molecule has 0 bridgehead atoms. The van der Waals surface area contributed by atoms with Crippen LogP contribution in [0.5, 0.6) is 0 Å². The van der Waals surface area contributed by atoms with Crippen molar-refractivity contribution in [2.24, 2.45) is 5.41 Å². The molecule has 1 heteroatoms. The standard InChI is InChI=1S/C18H31N/c1-6-13-19-14-16(11-12-18(3,4)5)17-10-8-7-9-15(17)2/h7-10,16,19H,6,11-14H2,1-5H3. The van der Waals surface area contributed by atoms with Crippen LogP contribution in [0.15, 0.2) is 24.3 Å². The maximum absolute atomic E-state index is 3.60. The smallest absolute Gasteiger partial charge is 0.00202 e. The van der Waals surface area contributed by atoms with Gasteiger partial charge in [0, 0.05) is 6.54 Å². The van der Waals surface area contributed by atoms with Crippen molar-refractivity contribution in [2.75, 3.05) is 13.1 Å². The minimum atomic E-state index is 0.422. The average Bonchev–Trinajstić information content (AvgIpc) is 2.33. The predicted molar refractivity (Wildman–Crippen MR) is 85.8 cm³/mol. The average molecular weight is 261 g/mol. The fourth-order valence-corrected chi connectivity index (χ4v) is 2.47. The van der Waals surface area contributed by atoms with E-state index < -0.39 is 0 Å². The van der Waals surface area contributed by atoms with Crippen molar-refractivity contribution in [3.05, 3.63) is 35.4 Å². The zero-order chi connectivity index (χ0) is 14.3. The van der Waals surface area contributed by atoms with E-state index in [4.69, 9.17) is 0 Å². The molecule has 1 unspecified atom stereocenters. The van der Waals surface area contributed by atoms with Crippen LogP contribution in [0, 0.1) is 12.3 Å². The highest BCUT2D eigenvalue weighted by Gasteiger charge is 2.17. The third-order valence-corrected chi connectivity index (χ3v) is 3.69. The highest BCUT2D eigenvalue weighted by atomic mass is 14.8. The summed E-state index contributed by atoms with van der Waals surface area (Å²) in [5.41, 5.74) is 3.38. The summed E-state index contributed by atoms with van der Waals surface area (Å²) in [7, 11) is 0. The molecule has 1 nitrogen and oxygen atoms in total. The molecule has 0 aliphatic carbocycles. The molecular formula is C18H31N. The number of benzene rings is 1. The Balaban J connectivity index is 2.71. The summed E-state index contributed by atoms with van der Waals surface area (Å²) in [6.45, 7) is 13.7. The molecule has 0 aromatic heterocycles. The van der Waals surface area contributed by atoms with Crippen LogP contribution in [-0.4, -0.2) is 13.1 Å². The van der Waals surface area contributed by atoms with Gasteiger partial charge in [-0.05, 0) is 55.2 Å². The molecule has 1 atom stereocenters. The lowest BCUT2D eigenvalue weighted by Gasteiger charge is -2.25. The Bertz CT molecular complexity index is 362.